The lowest BCUT2D eigenvalue weighted by atomic mass is 9.92. The van der Waals surface area contributed by atoms with Crippen LogP contribution in [0, 0.1) is 5.82 Å². The number of rotatable bonds is 4. The van der Waals surface area contributed by atoms with E-state index in [-0.39, 0.29) is 40.1 Å². The molecule has 2 aliphatic rings. The molecule has 3 aromatic rings. The van der Waals surface area contributed by atoms with Crippen molar-refractivity contribution in [1.29, 1.82) is 0 Å². The molecule has 5 rings (SSSR count). The van der Waals surface area contributed by atoms with Crippen LogP contribution in [0.15, 0.2) is 42.7 Å². The number of nitrogens with zero attached hydrogens (tertiary/aromatic N) is 3. The summed E-state index contributed by atoms with van der Waals surface area (Å²) < 4.78 is 19.4. The summed E-state index contributed by atoms with van der Waals surface area (Å²) in [4.78, 5) is 37.5. The summed E-state index contributed by atoms with van der Waals surface area (Å²) in [5, 5.41) is -0.0314. The van der Waals surface area contributed by atoms with E-state index in [0.29, 0.717) is 29.9 Å². The third-order valence-corrected chi connectivity index (χ3v) is 6.41. The van der Waals surface area contributed by atoms with Crippen molar-refractivity contribution in [2.45, 2.75) is 31.3 Å². The van der Waals surface area contributed by atoms with Crippen molar-refractivity contribution >= 4 is 34.9 Å². The number of hydrogen-bond acceptors (Lipinski definition) is 6. The molecule has 34 heavy (non-hydrogen) atoms. The smallest absolute Gasteiger partial charge is 0.398 e. The molecule has 1 aromatic carbocycles. The number of carbonyl (C=O) groups is 2. The van der Waals surface area contributed by atoms with Gasteiger partial charge in [-0.15, -0.1) is 0 Å². The van der Waals surface area contributed by atoms with Gasteiger partial charge in [0.1, 0.15) is 5.82 Å². The molecule has 2 amide bonds. The van der Waals surface area contributed by atoms with Gasteiger partial charge < -0.3 is 26.1 Å². The van der Waals surface area contributed by atoms with Crippen LogP contribution in [0.2, 0.25) is 5.02 Å². The largest absolute Gasteiger partial charge is 0.411 e. The van der Waals surface area contributed by atoms with Gasteiger partial charge in [-0.3, -0.25) is 4.79 Å². The molecule has 2 aliphatic heterocycles. The number of primary amides is 1. The van der Waals surface area contributed by atoms with Crippen LogP contribution in [0.3, 0.4) is 0 Å². The van der Waals surface area contributed by atoms with Gasteiger partial charge in [-0.05, 0) is 43.0 Å². The standard InChI is InChI=1S/C23H20ClFN6O3/c24-14-3-4-15(26)20(21(14)25)12-7-13-2-5-17(31(13)19(32)8-12)22-29-10-16(30-22)11-1-6-18(28-9-11)34-23(27)33/h1,3-4,6,8-10,13,17H,2,5,7,26H2,(H2,27,33)(H,29,30)/t13?,17-/m0/s1. The maximum absolute atomic E-state index is 14.7. The fraction of sp³-hybridized carbons (Fsp3) is 0.217. The number of pyridine rings is 1. The van der Waals surface area contributed by atoms with Crippen LogP contribution < -0.4 is 16.2 Å². The summed E-state index contributed by atoms with van der Waals surface area (Å²) in [6, 6.07) is 5.84. The van der Waals surface area contributed by atoms with E-state index in [4.69, 9.17) is 27.8 Å². The molecule has 1 unspecified atom stereocenters. The number of H-pyrrole nitrogens is 1. The first-order valence-electron chi connectivity index (χ1n) is 10.6. The van der Waals surface area contributed by atoms with Crippen molar-refractivity contribution < 1.29 is 18.7 Å². The summed E-state index contributed by atoms with van der Waals surface area (Å²) in [5.74, 6) is -0.0955. The van der Waals surface area contributed by atoms with E-state index < -0.39 is 11.9 Å². The molecule has 9 nitrogen and oxygen atoms in total. The number of nitrogen functional groups attached to an aromatic ring is 1. The number of anilines is 1. The zero-order valence-electron chi connectivity index (χ0n) is 17.8. The second kappa shape index (κ2) is 8.45. The number of imidazole rings is 1. The molecule has 11 heteroatoms. The van der Waals surface area contributed by atoms with Crippen LogP contribution in [0.25, 0.3) is 16.8 Å². The van der Waals surface area contributed by atoms with Crippen molar-refractivity contribution in [3.63, 3.8) is 0 Å². The van der Waals surface area contributed by atoms with E-state index in [0.717, 1.165) is 12.0 Å². The maximum Gasteiger partial charge on any atom is 0.411 e. The van der Waals surface area contributed by atoms with E-state index in [1.54, 1.807) is 23.2 Å². The van der Waals surface area contributed by atoms with Gasteiger partial charge in [0, 0.05) is 41.2 Å². The zero-order valence-corrected chi connectivity index (χ0v) is 18.6. The summed E-state index contributed by atoms with van der Waals surface area (Å²) in [6.07, 6.45) is 5.61. The molecule has 5 N–H and O–H groups in total. The summed E-state index contributed by atoms with van der Waals surface area (Å²) in [6.45, 7) is 0. The minimum atomic E-state index is -0.941. The zero-order chi connectivity index (χ0) is 24.0. The molecule has 2 atom stereocenters. The Hall–Kier alpha value is -3.92. The van der Waals surface area contributed by atoms with Crippen LogP contribution in [-0.4, -0.2) is 37.9 Å². The second-order valence-corrected chi connectivity index (χ2v) is 8.59. The van der Waals surface area contributed by atoms with E-state index in [1.807, 2.05) is 0 Å². The fourth-order valence-corrected chi connectivity index (χ4v) is 4.80. The predicted octanol–water partition coefficient (Wildman–Crippen LogP) is 3.82. The van der Waals surface area contributed by atoms with Crippen LogP contribution in [0.5, 0.6) is 5.88 Å². The minimum absolute atomic E-state index is 0.0314. The van der Waals surface area contributed by atoms with Crippen molar-refractivity contribution in [3.05, 3.63) is 65.0 Å². The lowest BCUT2D eigenvalue weighted by Crippen LogP contribution is -2.39. The Kier molecular flexibility index (Phi) is 5.45. The van der Waals surface area contributed by atoms with Crippen molar-refractivity contribution in [2.24, 2.45) is 5.73 Å². The lowest BCUT2D eigenvalue weighted by molar-refractivity contribution is -0.129. The highest BCUT2D eigenvalue weighted by molar-refractivity contribution is 6.31. The van der Waals surface area contributed by atoms with Gasteiger partial charge in [0.05, 0.1) is 23.0 Å². The Morgan fingerprint density at radius 3 is 2.76 bits per heavy atom. The molecule has 1 fully saturated rings. The first-order chi connectivity index (χ1) is 16.3. The molecule has 1 saturated heterocycles. The van der Waals surface area contributed by atoms with Gasteiger partial charge in [-0.1, -0.05) is 11.6 Å². The molecule has 4 heterocycles. The number of aromatic nitrogens is 3. The van der Waals surface area contributed by atoms with Crippen LogP contribution in [0.1, 0.15) is 36.7 Å². The Morgan fingerprint density at radius 2 is 2.03 bits per heavy atom. The topological polar surface area (TPSA) is 140 Å². The molecular formula is C23H20ClFN6O3. The van der Waals surface area contributed by atoms with E-state index in [1.165, 1.54) is 24.4 Å². The van der Waals surface area contributed by atoms with Crippen LogP contribution >= 0.6 is 11.6 Å². The van der Waals surface area contributed by atoms with Gasteiger partial charge in [0.15, 0.2) is 5.82 Å². The highest BCUT2D eigenvalue weighted by atomic mass is 35.5. The monoisotopic (exact) mass is 482 g/mol. The number of benzene rings is 1. The maximum atomic E-state index is 14.7. The average molecular weight is 483 g/mol. The SMILES string of the molecule is NC(=O)Oc1ccc(-c2cnc([C@@H]3CCC4CC(c5c(N)ccc(Cl)c5F)=CC(=O)N43)[nH]2)cn1. The van der Waals surface area contributed by atoms with Crippen molar-refractivity contribution in [3.8, 4) is 17.1 Å². The molecule has 0 aliphatic carbocycles. The average Bonchev–Trinajstić information content (AvgIpc) is 3.44. The summed E-state index contributed by atoms with van der Waals surface area (Å²) >= 11 is 5.94. The Balaban J connectivity index is 1.38. The number of amides is 2. The first kappa shape index (κ1) is 21.9. The normalized spacial score (nSPS) is 19.6. The molecular weight excluding hydrogens is 463 g/mol. The highest BCUT2D eigenvalue weighted by Crippen LogP contribution is 2.44. The Morgan fingerprint density at radius 1 is 1.21 bits per heavy atom. The number of fused-ring (bicyclic) bond motifs is 1. The lowest BCUT2D eigenvalue weighted by Gasteiger charge is -2.33. The quantitative estimate of drug-likeness (QED) is 0.483. The van der Waals surface area contributed by atoms with E-state index in [2.05, 4.69) is 15.0 Å². The summed E-state index contributed by atoms with van der Waals surface area (Å²) in [5.41, 5.74) is 13.4. The van der Waals surface area contributed by atoms with Crippen LogP contribution in [0.4, 0.5) is 14.9 Å². The van der Waals surface area contributed by atoms with Gasteiger partial charge in [-0.25, -0.2) is 19.2 Å². The predicted molar refractivity (Wildman–Crippen MR) is 123 cm³/mol. The molecule has 0 radical (unpaired) electrons. The molecule has 0 bridgehead atoms. The third-order valence-electron chi connectivity index (χ3n) is 6.12. The third kappa shape index (κ3) is 3.86. The van der Waals surface area contributed by atoms with Gasteiger partial charge >= 0.3 is 6.09 Å². The first-order valence-corrected chi connectivity index (χ1v) is 10.9. The fourth-order valence-electron chi connectivity index (χ4n) is 4.64. The molecule has 174 valence electrons. The Bertz CT molecular complexity index is 1320. The van der Waals surface area contributed by atoms with E-state index in [9.17, 15) is 14.0 Å². The van der Waals surface area contributed by atoms with E-state index >= 15 is 0 Å². The second-order valence-electron chi connectivity index (χ2n) is 8.18. The number of aromatic amines is 1. The number of nitrogens with two attached hydrogens (primary N) is 2. The Labute approximate surface area is 198 Å². The highest BCUT2D eigenvalue weighted by Gasteiger charge is 2.42. The van der Waals surface area contributed by atoms with Gasteiger partial charge in [-0.2, -0.15) is 0 Å². The number of halogens is 2. The number of carbonyl (C=O) groups excluding carboxylic acids is 2. The molecule has 2 aromatic heterocycles. The van der Waals surface area contributed by atoms with Crippen molar-refractivity contribution in [2.75, 3.05) is 5.73 Å². The number of ether oxygens (including phenoxy) is 1. The minimum Gasteiger partial charge on any atom is -0.398 e. The summed E-state index contributed by atoms with van der Waals surface area (Å²) in [7, 11) is 0. The van der Waals surface area contributed by atoms with Gasteiger partial charge in [0.25, 0.3) is 0 Å². The molecule has 0 spiro atoms. The number of nitrogens with one attached hydrogen (secondary N) is 1. The molecule has 0 saturated carbocycles. The number of hydrogen-bond donors (Lipinski definition) is 3. The van der Waals surface area contributed by atoms with Gasteiger partial charge in [0.2, 0.25) is 11.8 Å². The van der Waals surface area contributed by atoms with Crippen molar-refractivity contribution in [1.82, 2.24) is 19.9 Å². The van der Waals surface area contributed by atoms with Crippen LogP contribution in [-0.2, 0) is 4.79 Å².